The minimum Gasteiger partial charge on any atom is -0.317 e. The van der Waals surface area contributed by atoms with Crippen molar-refractivity contribution in [1.82, 2.24) is 5.48 Å². The predicted molar refractivity (Wildman–Crippen MR) is 20.4 cm³/mol. The van der Waals surface area contributed by atoms with Gasteiger partial charge in [-0.2, -0.15) is 0 Å². The van der Waals surface area contributed by atoms with Crippen LogP contribution in [0.1, 0.15) is 6.42 Å². The van der Waals surface area contributed by atoms with Crippen molar-refractivity contribution >= 4 is 0 Å². The molecule has 0 radical (unpaired) electrons. The first-order valence-corrected chi connectivity index (χ1v) is 1.84. The molecule has 0 bridgehead atoms. The maximum absolute atomic E-state index is 11.0. The van der Waals surface area contributed by atoms with Crippen LogP contribution >= 0.6 is 0 Å². The SMILES string of the molecule is ONCCCF. The number of nitrogens with one attached hydrogen (secondary N) is 1. The molecule has 6 heavy (non-hydrogen) atoms. The van der Waals surface area contributed by atoms with Gasteiger partial charge in [-0.3, -0.25) is 4.39 Å². The van der Waals surface area contributed by atoms with Crippen LogP contribution in [0.25, 0.3) is 0 Å². The molecule has 38 valence electrons. The summed E-state index contributed by atoms with van der Waals surface area (Å²) in [6, 6.07) is 0. The number of rotatable bonds is 3. The van der Waals surface area contributed by atoms with Crippen molar-refractivity contribution in [3.05, 3.63) is 0 Å². The van der Waals surface area contributed by atoms with Crippen LogP contribution in [0.4, 0.5) is 4.39 Å². The highest BCUT2D eigenvalue weighted by Crippen LogP contribution is 1.72. The van der Waals surface area contributed by atoms with Crippen LogP contribution in [0.5, 0.6) is 0 Å². The van der Waals surface area contributed by atoms with Crippen LogP contribution < -0.4 is 5.48 Å². The van der Waals surface area contributed by atoms with Crippen LogP contribution in [0.15, 0.2) is 0 Å². The van der Waals surface area contributed by atoms with E-state index in [0.29, 0.717) is 13.0 Å². The fourth-order valence-corrected chi connectivity index (χ4v) is 0.146. The Kier molecular flexibility index (Phi) is 4.73. The number of hydroxylamine groups is 1. The standard InChI is InChI=1S/C3H8FNO/c4-2-1-3-5-6/h5-6H,1-3H2. The van der Waals surface area contributed by atoms with Gasteiger partial charge in [0.15, 0.2) is 0 Å². The second-order valence-electron chi connectivity index (χ2n) is 0.951. The van der Waals surface area contributed by atoms with Gasteiger partial charge in [-0.25, -0.2) is 5.48 Å². The highest BCUT2D eigenvalue weighted by Gasteiger charge is 1.77. The molecular weight excluding hydrogens is 85.0 g/mol. The van der Waals surface area contributed by atoms with E-state index in [1.54, 1.807) is 0 Å². The maximum atomic E-state index is 11.0. The van der Waals surface area contributed by atoms with Gasteiger partial charge in [0.25, 0.3) is 0 Å². The van der Waals surface area contributed by atoms with E-state index >= 15 is 0 Å². The molecule has 0 unspecified atom stereocenters. The van der Waals surface area contributed by atoms with E-state index in [2.05, 4.69) is 0 Å². The van der Waals surface area contributed by atoms with Crippen molar-refractivity contribution in [3.63, 3.8) is 0 Å². The number of hydrogen-bond acceptors (Lipinski definition) is 2. The van der Waals surface area contributed by atoms with Crippen molar-refractivity contribution in [2.75, 3.05) is 13.2 Å². The smallest absolute Gasteiger partial charge is 0.0907 e. The van der Waals surface area contributed by atoms with Gasteiger partial charge in [0.05, 0.1) is 6.67 Å². The molecule has 0 atom stereocenters. The van der Waals surface area contributed by atoms with Gasteiger partial charge in [-0.1, -0.05) is 0 Å². The molecule has 0 aromatic rings. The lowest BCUT2D eigenvalue weighted by atomic mass is 10.5. The van der Waals surface area contributed by atoms with Crippen LogP contribution in [0, 0.1) is 0 Å². The van der Waals surface area contributed by atoms with Crippen LogP contribution in [0.2, 0.25) is 0 Å². The van der Waals surface area contributed by atoms with Crippen molar-refractivity contribution in [1.29, 1.82) is 0 Å². The summed E-state index contributed by atoms with van der Waals surface area (Å²) in [6.45, 7) is -0.0237. The molecule has 0 saturated carbocycles. The summed E-state index contributed by atoms with van der Waals surface area (Å²) in [5.41, 5.74) is 1.83. The van der Waals surface area contributed by atoms with Crippen LogP contribution in [-0.2, 0) is 0 Å². The van der Waals surface area contributed by atoms with Gasteiger partial charge in [0.1, 0.15) is 0 Å². The zero-order valence-electron chi connectivity index (χ0n) is 3.45. The molecule has 3 heteroatoms. The Morgan fingerprint density at radius 2 is 2.33 bits per heavy atom. The second kappa shape index (κ2) is 4.85. The summed E-state index contributed by atoms with van der Waals surface area (Å²) in [5, 5.41) is 7.78. The lowest BCUT2D eigenvalue weighted by Crippen LogP contribution is -2.08. The zero-order valence-corrected chi connectivity index (χ0v) is 3.45. The Morgan fingerprint density at radius 3 is 2.50 bits per heavy atom. The van der Waals surface area contributed by atoms with Crippen molar-refractivity contribution in [3.8, 4) is 0 Å². The van der Waals surface area contributed by atoms with Crippen LogP contribution in [0.3, 0.4) is 0 Å². The quantitative estimate of drug-likeness (QED) is 0.389. The fourth-order valence-electron chi connectivity index (χ4n) is 0.146. The Hall–Kier alpha value is -0.150. The predicted octanol–water partition coefficient (Wildman–Crippen LogP) is 0.325. The van der Waals surface area contributed by atoms with Gasteiger partial charge in [-0.05, 0) is 6.42 Å². The lowest BCUT2D eigenvalue weighted by Gasteiger charge is -1.86. The van der Waals surface area contributed by atoms with E-state index in [0.717, 1.165) is 0 Å². The molecule has 0 aliphatic carbocycles. The first-order chi connectivity index (χ1) is 2.91. The molecule has 0 aromatic heterocycles. The average molecular weight is 93.1 g/mol. The van der Waals surface area contributed by atoms with Gasteiger partial charge in [0, 0.05) is 6.54 Å². The highest BCUT2D eigenvalue weighted by molar-refractivity contribution is 4.31. The third-order valence-corrected chi connectivity index (χ3v) is 0.422. The Bertz CT molecular complexity index is 22.8. The topological polar surface area (TPSA) is 32.3 Å². The van der Waals surface area contributed by atoms with Crippen LogP contribution in [-0.4, -0.2) is 18.4 Å². The fraction of sp³-hybridized carbons (Fsp3) is 1.00. The normalized spacial score (nSPS) is 9.00. The number of halogens is 1. The van der Waals surface area contributed by atoms with E-state index in [4.69, 9.17) is 5.21 Å². The third kappa shape index (κ3) is 3.85. The monoisotopic (exact) mass is 93.1 g/mol. The molecule has 2 nitrogen and oxygen atoms in total. The van der Waals surface area contributed by atoms with Gasteiger partial charge < -0.3 is 5.21 Å². The van der Waals surface area contributed by atoms with E-state index in [1.807, 2.05) is 5.48 Å². The van der Waals surface area contributed by atoms with Crippen molar-refractivity contribution < 1.29 is 9.60 Å². The number of hydrogen-bond donors (Lipinski definition) is 2. The summed E-state index contributed by atoms with van der Waals surface area (Å²) in [5.74, 6) is 0. The highest BCUT2D eigenvalue weighted by atomic mass is 19.1. The molecular formula is C3H8FNO. The first kappa shape index (κ1) is 5.85. The molecule has 0 fully saturated rings. The molecule has 0 aliphatic heterocycles. The summed E-state index contributed by atoms with van der Waals surface area (Å²) < 4.78 is 11.0. The molecule has 0 saturated heterocycles. The Balaban J connectivity index is 2.34. The third-order valence-electron chi connectivity index (χ3n) is 0.422. The van der Waals surface area contributed by atoms with E-state index in [-0.39, 0.29) is 6.67 Å². The lowest BCUT2D eigenvalue weighted by molar-refractivity contribution is 0.162. The number of alkyl halides is 1. The molecule has 0 heterocycles. The van der Waals surface area contributed by atoms with E-state index < -0.39 is 0 Å². The summed E-state index contributed by atoms with van der Waals surface area (Å²) >= 11 is 0. The van der Waals surface area contributed by atoms with Crippen molar-refractivity contribution in [2.45, 2.75) is 6.42 Å². The summed E-state index contributed by atoms with van der Waals surface area (Å²) in [4.78, 5) is 0. The van der Waals surface area contributed by atoms with Crippen molar-refractivity contribution in [2.24, 2.45) is 0 Å². The molecule has 0 aliphatic rings. The molecule has 0 amide bonds. The average Bonchev–Trinajstić information content (AvgIpc) is 1.61. The molecule has 0 spiro atoms. The minimum absolute atomic E-state index is 0.344. The minimum atomic E-state index is -0.367. The van der Waals surface area contributed by atoms with Gasteiger partial charge >= 0.3 is 0 Å². The largest absolute Gasteiger partial charge is 0.317 e. The van der Waals surface area contributed by atoms with Gasteiger partial charge in [0.2, 0.25) is 0 Å². The molecule has 0 rings (SSSR count). The molecule has 2 N–H and O–H groups in total. The first-order valence-electron chi connectivity index (χ1n) is 1.84. The Morgan fingerprint density at radius 1 is 1.67 bits per heavy atom. The van der Waals surface area contributed by atoms with E-state index in [9.17, 15) is 4.39 Å². The second-order valence-corrected chi connectivity index (χ2v) is 0.951. The zero-order chi connectivity index (χ0) is 4.83. The Labute approximate surface area is 35.9 Å². The molecule has 0 aromatic carbocycles. The van der Waals surface area contributed by atoms with Gasteiger partial charge in [-0.15, -0.1) is 0 Å². The maximum Gasteiger partial charge on any atom is 0.0907 e. The summed E-state index contributed by atoms with van der Waals surface area (Å²) in [7, 11) is 0. The summed E-state index contributed by atoms with van der Waals surface area (Å²) in [6.07, 6.45) is 0.385. The van der Waals surface area contributed by atoms with E-state index in [1.165, 1.54) is 0 Å².